The van der Waals surface area contributed by atoms with Crippen molar-refractivity contribution >= 4 is 11.8 Å². The Morgan fingerprint density at radius 1 is 0.771 bits per heavy atom. The van der Waals surface area contributed by atoms with E-state index >= 15 is 0 Å². The van der Waals surface area contributed by atoms with Crippen LogP contribution >= 0.6 is 0 Å². The van der Waals surface area contributed by atoms with Crippen LogP contribution in [0.15, 0.2) is 54.6 Å². The summed E-state index contributed by atoms with van der Waals surface area (Å²) in [6, 6.07) is 6.97. The number of nitrogens with zero attached hydrogens (tertiary/aromatic N) is 1. The van der Waals surface area contributed by atoms with E-state index in [1.165, 1.54) is 12.1 Å². The smallest absolute Gasteiger partial charge is 0.390 e. The second-order valence-electron chi connectivity index (χ2n) is 11.6. The van der Waals surface area contributed by atoms with E-state index in [2.05, 4.69) is 10.6 Å². The summed E-state index contributed by atoms with van der Waals surface area (Å²) in [6.07, 6.45) is -10.5. The minimum absolute atomic E-state index is 0.00253. The quantitative estimate of drug-likeness (QED) is 0.159. The van der Waals surface area contributed by atoms with Crippen molar-refractivity contribution in [2.45, 2.75) is 71.1 Å². The Labute approximate surface area is 273 Å². The molecule has 0 radical (unpaired) electrons. The molecule has 3 rings (SSSR count). The standard InChI is InChI=1S/C34H37F8N3O3/c1-4-6-45(7-5-2)32(48)24-9-20(3)8-23(15-24)31(47)44-29(14-21-12-27(35)17-28(36)13-21)30(46)19-43-18-22-10-25(33(37,38)39)16-26(11-22)34(40,41)42/h8-13,15-17,29-30,43,46H,4-7,14,18-19H2,1-3H3,(H,44,47)/t29?,30-/m1/s1. The number of amides is 2. The predicted octanol–water partition coefficient (Wildman–Crippen LogP) is 7.06. The van der Waals surface area contributed by atoms with Crippen LogP contribution in [-0.4, -0.2) is 53.6 Å². The van der Waals surface area contributed by atoms with E-state index in [1.54, 1.807) is 17.9 Å². The summed E-state index contributed by atoms with van der Waals surface area (Å²) in [5.74, 6) is -2.86. The summed E-state index contributed by atoms with van der Waals surface area (Å²) in [7, 11) is 0. The van der Waals surface area contributed by atoms with Crippen LogP contribution in [0, 0.1) is 18.6 Å². The summed E-state index contributed by atoms with van der Waals surface area (Å²) < 4.78 is 108. The van der Waals surface area contributed by atoms with Crippen LogP contribution in [0.2, 0.25) is 0 Å². The lowest BCUT2D eigenvalue weighted by Crippen LogP contribution is -2.48. The molecule has 0 spiro atoms. The fourth-order valence-electron chi connectivity index (χ4n) is 5.22. The molecule has 2 atom stereocenters. The molecule has 3 N–H and O–H groups in total. The average Bonchev–Trinajstić information content (AvgIpc) is 2.98. The molecule has 0 aliphatic heterocycles. The minimum Gasteiger partial charge on any atom is -0.390 e. The average molecular weight is 688 g/mol. The Balaban J connectivity index is 1.86. The molecule has 262 valence electrons. The summed E-state index contributed by atoms with van der Waals surface area (Å²) in [4.78, 5) is 28.3. The van der Waals surface area contributed by atoms with Gasteiger partial charge >= 0.3 is 12.4 Å². The Hall–Kier alpha value is -4.04. The predicted molar refractivity (Wildman–Crippen MR) is 163 cm³/mol. The zero-order chi connectivity index (χ0) is 35.8. The third-order valence-corrected chi connectivity index (χ3v) is 7.35. The molecule has 3 aromatic rings. The van der Waals surface area contributed by atoms with Gasteiger partial charge < -0.3 is 20.6 Å². The van der Waals surface area contributed by atoms with Crippen LogP contribution in [0.1, 0.15) is 75.2 Å². The molecule has 0 saturated carbocycles. The van der Waals surface area contributed by atoms with Crippen molar-refractivity contribution in [2.24, 2.45) is 0 Å². The number of aliphatic hydroxyl groups excluding tert-OH is 1. The Kier molecular flexibility index (Phi) is 13.1. The van der Waals surface area contributed by atoms with Crippen molar-refractivity contribution in [2.75, 3.05) is 19.6 Å². The van der Waals surface area contributed by atoms with Gasteiger partial charge in [0.25, 0.3) is 11.8 Å². The lowest BCUT2D eigenvalue weighted by molar-refractivity contribution is -0.143. The number of aryl methyl sites for hydroxylation is 1. The normalized spacial score (nSPS) is 13.2. The van der Waals surface area contributed by atoms with Crippen molar-refractivity contribution in [3.63, 3.8) is 0 Å². The fraction of sp³-hybridized carbons (Fsp3) is 0.412. The Bertz CT molecular complexity index is 1520. The van der Waals surface area contributed by atoms with Crippen LogP contribution in [-0.2, 0) is 25.3 Å². The van der Waals surface area contributed by atoms with E-state index in [4.69, 9.17) is 0 Å². The summed E-state index contributed by atoms with van der Waals surface area (Å²) >= 11 is 0. The maximum absolute atomic E-state index is 14.0. The number of hydrogen-bond acceptors (Lipinski definition) is 4. The first-order valence-electron chi connectivity index (χ1n) is 15.2. The van der Waals surface area contributed by atoms with Gasteiger partial charge in [-0.25, -0.2) is 8.78 Å². The highest BCUT2D eigenvalue weighted by atomic mass is 19.4. The van der Waals surface area contributed by atoms with Crippen molar-refractivity contribution in [1.29, 1.82) is 0 Å². The molecule has 0 aliphatic carbocycles. The van der Waals surface area contributed by atoms with Crippen LogP contribution < -0.4 is 10.6 Å². The highest BCUT2D eigenvalue weighted by Crippen LogP contribution is 2.36. The van der Waals surface area contributed by atoms with Crippen molar-refractivity contribution < 1.29 is 49.8 Å². The van der Waals surface area contributed by atoms with Gasteiger partial charge in [0, 0.05) is 43.4 Å². The number of nitrogens with one attached hydrogen (secondary N) is 2. The zero-order valence-electron chi connectivity index (χ0n) is 26.5. The second kappa shape index (κ2) is 16.4. The van der Waals surface area contributed by atoms with E-state index < -0.39 is 66.3 Å². The van der Waals surface area contributed by atoms with Crippen LogP contribution in [0.25, 0.3) is 0 Å². The third-order valence-electron chi connectivity index (χ3n) is 7.35. The molecule has 0 aromatic heterocycles. The lowest BCUT2D eigenvalue weighted by atomic mass is 9.99. The maximum atomic E-state index is 14.0. The molecule has 0 aliphatic rings. The first-order valence-corrected chi connectivity index (χ1v) is 15.2. The molecule has 0 fully saturated rings. The molecular weight excluding hydrogens is 650 g/mol. The number of carbonyl (C=O) groups is 2. The van der Waals surface area contributed by atoms with Gasteiger partial charge in [0.2, 0.25) is 0 Å². The molecular formula is C34H37F8N3O3. The molecule has 14 heteroatoms. The van der Waals surface area contributed by atoms with E-state index in [0.717, 1.165) is 25.0 Å². The van der Waals surface area contributed by atoms with Gasteiger partial charge in [-0.15, -0.1) is 0 Å². The maximum Gasteiger partial charge on any atom is 0.416 e. The number of aliphatic hydroxyl groups is 1. The van der Waals surface area contributed by atoms with Gasteiger partial charge in [0.1, 0.15) is 11.6 Å². The van der Waals surface area contributed by atoms with Gasteiger partial charge in [0.05, 0.1) is 23.3 Å². The number of alkyl halides is 6. The van der Waals surface area contributed by atoms with Gasteiger partial charge in [-0.1, -0.05) is 13.8 Å². The molecule has 48 heavy (non-hydrogen) atoms. The third kappa shape index (κ3) is 11.0. The van der Waals surface area contributed by atoms with Crippen molar-refractivity contribution in [3.8, 4) is 0 Å². The lowest BCUT2D eigenvalue weighted by Gasteiger charge is -2.26. The molecule has 1 unspecified atom stereocenters. The van der Waals surface area contributed by atoms with Crippen molar-refractivity contribution in [1.82, 2.24) is 15.5 Å². The highest BCUT2D eigenvalue weighted by Gasteiger charge is 2.37. The molecule has 0 heterocycles. The number of rotatable bonds is 14. The molecule has 0 bridgehead atoms. The number of benzene rings is 3. The first-order chi connectivity index (χ1) is 22.4. The van der Waals surface area contributed by atoms with Gasteiger partial charge in [0.15, 0.2) is 0 Å². The summed E-state index contributed by atoms with van der Waals surface area (Å²) in [5.41, 5.74) is -2.41. The number of carbonyl (C=O) groups excluding carboxylic acids is 2. The Morgan fingerprint density at radius 2 is 1.31 bits per heavy atom. The largest absolute Gasteiger partial charge is 0.416 e. The fourth-order valence-corrected chi connectivity index (χ4v) is 5.22. The van der Waals surface area contributed by atoms with Crippen LogP contribution in [0.3, 0.4) is 0 Å². The van der Waals surface area contributed by atoms with Crippen LogP contribution in [0.5, 0.6) is 0 Å². The molecule has 6 nitrogen and oxygen atoms in total. The summed E-state index contributed by atoms with van der Waals surface area (Å²) in [6.45, 7) is 5.58. The highest BCUT2D eigenvalue weighted by molar-refractivity contribution is 6.00. The van der Waals surface area contributed by atoms with Crippen LogP contribution in [0.4, 0.5) is 35.1 Å². The minimum atomic E-state index is -5.05. The number of halogens is 8. The first kappa shape index (κ1) is 38.4. The SMILES string of the molecule is CCCN(CCC)C(=O)c1cc(C)cc(C(=O)NC(Cc2cc(F)cc(F)c2)[C@H](O)CNCc2cc(C(F)(F)F)cc(C(F)(F)F)c2)c1. The van der Waals surface area contributed by atoms with Crippen molar-refractivity contribution in [3.05, 3.63) is 105 Å². The van der Waals surface area contributed by atoms with Gasteiger partial charge in [-0.2, -0.15) is 26.3 Å². The Morgan fingerprint density at radius 3 is 1.83 bits per heavy atom. The van der Waals surface area contributed by atoms with Gasteiger partial charge in [-0.05, 0) is 91.4 Å². The van der Waals surface area contributed by atoms with E-state index in [1.807, 2.05) is 13.8 Å². The zero-order valence-corrected chi connectivity index (χ0v) is 26.5. The summed E-state index contributed by atoms with van der Waals surface area (Å²) in [5, 5.41) is 16.3. The van der Waals surface area contributed by atoms with E-state index in [0.29, 0.717) is 36.9 Å². The second-order valence-corrected chi connectivity index (χ2v) is 11.6. The molecule has 2 amide bonds. The number of hydrogen-bond donors (Lipinski definition) is 3. The molecule has 0 saturated heterocycles. The monoisotopic (exact) mass is 687 g/mol. The van der Waals surface area contributed by atoms with E-state index in [9.17, 15) is 49.8 Å². The topological polar surface area (TPSA) is 81.7 Å². The van der Waals surface area contributed by atoms with Gasteiger partial charge in [-0.3, -0.25) is 9.59 Å². The molecule has 3 aromatic carbocycles. The van der Waals surface area contributed by atoms with E-state index in [-0.39, 0.29) is 40.6 Å².